The maximum absolute atomic E-state index is 12.3. The third kappa shape index (κ3) is 4.35. The molecule has 9 nitrogen and oxygen atoms in total. The molecular formula is C24H25N7O2. The van der Waals surface area contributed by atoms with Crippen molar-refractivity contribution in [3.63, 3.8) is 0 Å². The smallest absolute Gasteiger partial charge is 0.323 e. The van der Waals surface area contributed by atoms with Gasteiger partial charge in [0.25, 0.3) is 0 Å². The van der Waals surface area contributed by atoms with Crippen LogP contribution in [-0.2, 0) is 4.74 Å². The van der Waals surface area contributed by atoms with E-state index in [0.717, 1.165) is 34.8 Å². The number of nitrogens with zero attached hydrogens (tertiary/aromatic N) is 5. The largest absolute Gasteiger partial charge is 0.377 e. The first-order valence-corrected chi connectivity index (χ1v) is 10.9. The van der Waals surface area contributed by atoms with Gasteiger partial charge in [-0.2, -0.15) is 5.10 Å². The van der Waals surface area contributed by atoms with Crippen molar-refractivity contribution < 1.29 is 9.53 Å². The quantitative estimate of drug-likeness (QED) is 0.495. The van der Waals surface area contributed by atoms with Gasteiger partial charge in [-0.25, -0.2) is 14.3 Å². The number of pyridine rings is 1. The van der Waals surface area contributed by atoms with Crippen LogP contribution in [0.4, 0.5) is 21.9 Å². The lowest BCUT2D eigenvalue weighted by molar-refractivity contribution is 0.0990. The van der Waals surface area contributed by atoms with Crippen LogP contribution in [0.15, 0.2) is 61.1 Å². The Hall–Kier alpha value is -3.98. The number of morpholine rings is 1. The third-order valence-electron chi connectivity index (χ3n) is 5.65. The Morgan fingerprint density at radius 2 is 1.94 bits per heavy atom. The molecule has 0 spiro atoms. The summed E-state index contributed by atoms with van der Waals surface area (Å²) in [6.07, 6.45) is 5.09. The van der Waals surface area contributed by atoms with E-state index >= 15 is 0 Å². The summed E-state index contributed by atoms with van der Waals surface area (Å²) < 4.78 is 7.51. The molecular weight excluding hydrogens is 418 g/mol. The predicted molar refractivity (Wildman–Crippen MR) is 128 cm³/mol. The third-order valence-corrected chi connectivity index (χ3v) is 5.65. The van der Waals surface area contributed by atoms with Crippen molar-refractivity contribution in [3.8, 4) is 11.3 Å². The molecule has 2 amide bonds. The van der Waals surface area contributed by atoms with E-state index in [0.29, 0.717) is 24.6 Å². The summed E-state index contributed by atoms with van der Waals surface area (Å²) in [6.45, 7) is 6.33. The molecule has 0 radical (unpaired) electrons. The van der Waals surface area contributed by atoms with Gasteiger partial charge in [0.1, 0.15) is 0 Å². The summed E-state index contributed by atoms with van der Waals surface area (Å²) >= 11 is 0. The first-order chi connectivity index (χ1) is 16.1. The van der Waals surface area contributed by atoms with E-state index in [2.05, 4.69) is 38.5 Å². The number of carbonyl (C=O) groups is 1. The van der Waals surface area contributed by atoms with Gasteiger partial charge in [0.05, 0.1) is 48.4 Å². The van der Waals surface area contributed by atoms with Crippen molar-refractivity contribution in [1.29, 1.82) is 0 Å². The second-order valence-electron chi connectivity index (χ2n) is 8.07. The normalized spacial score (nSPS) is 16.1. The molecule has 4 aromatic rings. The highest BCUT2D eigenvalue weighted by atomic mass is 16.5. The van der Waals surface area contributed by atoms with E-state index in [9.17, 15) is 4.79 Å². The number of carbonyl (C=O) groups excluding carboxylic acids is 1. The minimum absolute atomic E-state index is 0.250. The molecule has 0 unspecified atom stereocenters. The zero-order valence-electron chi connectivity index (χ0n) is 18.5. The molecule has 9 heteroatoms. The van der Waals surface area contributed by atoms with Crippen LogP contribution in [0.3, 0.4) is 0 Å². The van der Waals surface area contributed by atoms with Gasteiger partial charge in [-0.05, 0) is 44.2 Å². The molecule has 4 heterocycles. The van der Waals surface area contributed by atoms with E-state index in [-0.39, 0.29) is 12.1 Å². The first-order valence-electron chi connectivity index (χ1n) is 10.9. The minimum Gasteiger partial charge on any atom is -0.377 e. The topological polar surface area (TPSA) is 96.7 Å². The fourth-order valence-electron chi connectivity index (χ4n) is 3.95. The highest BCUT2D eigenvalue weighted by Gasteiger charge is 2.23. The fourth-order valence-corrected chi connectivity index (χ4v) is 3.95. The van der Waals surface area contributed by atoms with Crippen molar-refractivity contribution in [2.24, 2.45) is 0 Å². The second kappa shape index (κ2) is 8.87. The van der Waals surface area contributed by atoms with E-state index in [1.807, 2.05) is 41.9 Å². The molecule has 0 saturated carbocycles. The maximum Gasteiger partial charge on any atom is 0.323 e. The van der Waals surface area contributed by atoms with Crippen LogP contribution in [0.25, 0.3) is 16.9 Å². The lowest BCUT2D eigenvalue weighted by atomic mass is 10.1. The van der Waals surface area contributed by atoms with E-state index in [4.69, 9.17) is 9.84 Å². The number of fused-ring (bicyclic) bond motifs is 1. The Morgan fingerprint density at radius 1 is 1.12 bits per heavy atom. The highest BCUT2D eigenvalue weighted by Crippen LogP contribution is 2.30. The molecule has 0 aliphatic carbocycles. The Morgan fingerprint density at radius 3 is 2.70 bits per heavy atom. The van der Waals surface area contributed by atoms with Gasteiger partial charge in [0, 0.05) is 30.0 Å². The van der Waals surface area contributed by atoms with Crippen LogP contribution in [0.2, 0.25) is 0 Å². The molecule has 2 N–H and O–H groups in total. The molecule has 1 fully saturated rings. The number of nitrogens with one attached hydrogen (secondary N) is 2. The standard InChI is InChI=1S/C24H25N7O2/c1-16-13-26-23-22(30-10-11-33-15-17(30)2)12-21(29-31(16)23)18-5-7-19(8-6-18)27-24(32)28-20-4-3-9-25-14-20/h3-9,12-14,17H,10-11,15H2,1-2H3,(H2,27,28,32)/t17-/m0/s1. The SMILES string of the molecule is Cc1cnc2c(N3CCOC[C@@H]3C)cc(-c3ccc(NC(=O)Nc4cccnc4)cc3)nn12. The van der Waals surface area contributed by atoms with Crippen LogP contribution in [0.5, 0.6) is 0 Å². The van der Waals surface area contributed by atoms with Crippen molar-refractivity contribution in [3.05, 3.63) is 66.7 Å². The summed E-state index contributed by atoms with van der Waals surface area (Å²) in [5, 5.41) is 10.4. The van der Waals surface area contributed by atoms with Crippen LogP contribution >= 0.6 is 0 Å². The summed E-state index contributed by atoms with van der Waals surface area (Å²) in [7, 11) is 0. The molecule has 168 valence electrons. The molecule has 1 aliphatic heterocycles. The average Bonchev–Trinajstić information content (AvgIpc) is 3.21. The van der Waals surface area contributed by atoms with Gasteiger partial charge >= 0.3 is 6.03 Å². The molecule has 0 bridgehead atoms. The van der Waals surface area contributed by atoms with Gasteiger partial charge in [0.15, 0.2) is 5.65 Å². The lowest BCUT2D eigenvalue weighted by Crippen LogP contribution is -2.44. The number of rotatable bonds is 4. The van der Waals surface area contributed by atoms with Gasteiger partial charge in [-0.1, -0.05) is 12.1 Å². The van der Waals surface area contributed by atoms with E-state index in [1.165, 1.54) is 0 Å². The molecule has 1 aliphatic rings. The first kappa shape index (κ1) is 20.9. The van der Waals surface area contributed by atoms with Crippen molar-refractivity contribution in [1.82, 2.24) is 19.6 Å². The van der Waals surface area contributed by atoms with Crippen LogP contribution in [0.1, 0.15) is 12.6 Å². The Bertz CT molecular complexity index is 1270. The maximum atomic E-state index is 12.3. The molecule has 1 saturated heterocycles. The van der Waals surface area contributed by atoms with Gasteiger partial charge in [-0.15, -0.1) is 0 Å². The Labute approximate surface area is 191 Å². The van der Waals surface area contributed by atoms with Crippen LogP contribution in [0, 0.1) is 6.92 Å². The number of amides is 2. The summed E-state index contributed by atoms with van der Waals surface area (Å²) in [5.74, 6) is 0. The number of anilines is 3. The lowest BCUT2D eigenvalue weighted by Gasteiger charge is -2.35. The fraction of sp³-hybridized carbons (Fsp3) is 0.250. The van der Waals surface area contributed by atoms with E-state index < -0.39 is 0 Å². The Kier molecular flexibility index (Phi) is 5.62. The second-order valence-corrected chi connectivity index (χ2v) is 8.07. The number of urea groups is 1. The minimum atomic E-state index is -0.326. The van der Waals surface area contributed by atoms with Crippen molar-refractivity contribution in [2.75, 3.05) is 35.3 Å². The highest BCUT2D eigenvalue weighted by molar-refractivity contribution is 5.99. The van der Waals surface area contributed by atoms with Crippen LogP contribution in [-0.4, -0.2) is 51.4 Å². The zero-order chi connectivity index (χ0) is 22.8. The number of imidazole rings is 1. The number of hydrogen-bond acceptors (Lipinski definition) is 6. The monoisotopic (exact) mass is 443 g/mol. The molecule has 1 atom stereocenters. The number of aryl methyl sites for hydroxylation is 1. The molecule has 33 heavy (non-hydrogen) atoms. The average molecular weight is 444 g/mol. The van der Waals surface area contributed by atoms with Crippen molar-refractivity contribution in [2.45, 2.75) is 19.9 Å². The predicted octanol–water partition coefficient (Wildman–Crippen LogP) is 3.97. The zero-order valence-corrected chi connectivity index (χ0v) is 18.5. The number of aromatic nitrogens is 4. The Balaban J connectivity index is 1.41. The summed E-state index contributed by atoms with van der Waals surface area (Å²) in [5.41, 5.74) is 5.96. The molecule has 1 aromatic carbocycles. The van der Waals surface area contributed by atoms with E-state index in [1.54, 1.807) is 24.5 Å². The van der Waals surface area contributed by atoms with Gasteiger partial charge in [-0.3, -0.25) is 4.98 Å². The molecule has 5 rings (SSSR count). The molecule has 3 aromatic heterocycles. The number of ether oxygens (including phenoxy) is 1. The summed E-state index contributed by atoms with van der Waals surface area (Å²) in [6, 6.07) is 13.2. The van der Waals surface area contributed by atoms with Gasteiger partial charge in [0.2, 0.25) is 0 Å². The van der Waals surface area contributed by atoms with Crippen LogP contribution < -0.4 is 15.5 Å². The number of hydrogen-bond donors (Lipinski definition) is 2. The van der Waals surface area contributed by atoms with Gasteiger partial charge < -0.3 is 20.3 Å². The summed E-state index contributed by atoms with van der Waals surface area (Å²) in [4.78, 5) is 23.2. The number of benzene rings is 1. The van der Waals surface area contributed by atoms with Crippen molar-refractivity contribution >= 4 is 28.7 Å².